The number of ether oxygens (including phenoxy) is 1. The number of hydrogen-bond acceptors (Lipinski definition) is 5. The van der Waals surface area contributed by atoms with Crippen molar-refractivity contribution in [3.05, 3.63) is 30.3 Å². The average molecular weight is 330 g/mol. The van der Waals surface area contributed by atoms with Crippen LogP contribution < -0.4 is 10.7 Å². The van der Waals surface area contributed by atoms with Crippen molar-refractivity contribution < 1.29 is 14.3 Å². The van der Waals surface area contributed by atoms with E-state index in [9.17, 15) is 9.59 Å². The van der Waals surface area contributed by atoms with E-state index < -0.39 is 11.9 Å². The molecule has 7 nitrogen and oxygen atoms in total. The molecule has 1 aromatic carbocycles. The minimum absolute atomic E-state index is 0.0168. The number of nitrogens with two attached hydrogens (primary N) is 1. The van der Waals surface area contributed by atoms with Crippen LogP contribution >= 0.6 is 0 Å². The van der Waals surface area contributed by atoms with E-state index in [1.54, 1.807) is 9.91 Å². The summed E-state index contributed by atoms with van der Waals surface area (Å²) in [5, 5.41) is 5.95. The normalized spacial score (nSPS) is 27.1. The van der Waals surface area contributed by atoms with Crippen LogP contribution in [0.5, 0.6) is 0 Å². The third-order valence-electron chi connectivity index (χ3n) is 4.21. The number of primary amides is 1. The molecule has 2 N–H and O–H groups in total. The van der Waals surface area contributed by atoms with E-state index in [0.717, 1.165) is 5.69 Å². The van der Waals surface area contributed by atoms with Gasteiger partial charge in [0.25, 0.3) is 5.91 Å². The molecule has 3 rings (SSSR count). The summed E-state index contributed by atoms with van der Waals surface area (Å²) in [5.41, 5.74) is 6.62. The molecule has 2 aliphatic rings. The van der Waals surface area contributed by atoms with Gasteiger partial charge < -0.3 is 15.4 Å². The number of rotatable bonds is 3. The third kappa shape index (κ3) is 3.26. The van der Waals surface area contributed by atoms with Crippen LogP contribution in [0.2, 0.25) is 0 Å². The van der Waals surface area contributed by atoms with Gasteiger partial charge in [-0.15, -0.1) is 0 Å². The molecule has 2 aliphatic heterocycles. The van der Waals surface area contributed by atoms with Gasteiger partial charge in [-0.2, -0.15) is 5.10 Å². The van der Waals surface area contributed by atoms with Crippen molar-refractivity contribution in [3.8, 4) is 0 Å². The Kier molecular flexibility index (Phi) is 4.53. The van der Waals surface area contributed by atoms with Gasteiger partial charge in [-0.25, -0.2) is 0 Å². The van der Waals surface area contributed by atoms with Crippen molar-refractivity contribution in [2.24, 2.45) is 10.8 Å². The molecule has 2 heterocycles. The Morgan fingerprint density at radius 3 is 2.38 bits per heavy atom. The van der Waals surface area contributed by atoms with Crippen LogP contribution in [-0.4, -0.2) is 53.8 Å². The van der Waals surface area contributed by atoms with Gasteiger partial charge >= 0.3 is 0 Å². The molecule has 1 fully saturated rings. The van der Waals surface area contributed by atoms with Crippen LogP contribution in [0.15, 0.2) is 35.4 Å². The first kappa shape index (κ1) is 16.4. The molecule has 2 amide bonds. The first-order valence-corrected chi connectivity index (χ1v) is 8.11. The molecular weight excluding hydrogens is 308 g/mol. The summed E-state index contributed by atoms with van der Waals surface area (Å²) in [7, 11) is 0. The highest BCUT2D eigenvalue weighted by atomic mass is 16.5. The predicted octanol–water partition coefficient (Wildman–Crippen LogP) is 0.742. The molecule has 1 aromatic rings. The first-order valence-electron chi connectivity index (χ1n) is 8.11. The van der Waals surface area contributed by atoms with Gasteiger partial charge in [0.1, 0.15) is 11.8 Å². The van der Waals surface area contributed by atoms with Crippen LogP contribution in [0, 0.1) is 0 Å². The number of morpholine rings is 1. The van der Waals surface area contributed by atoms with E-state index in [2.05, 4.69) is 5.10 Å². The van der Waals surface area contributed by atoms with Crippen LogP contribution in [0.25, 0.3) is 0 Å². The van der Waals surface area contributed by atoms with Crippen molar-refractivity contribution in [2.75, 3.05) is 18.1 Å². The molecule has 0 unspecified atom stereocenters. The number of nitrogens with zero attached hydrogens (tertiary/aromatic N) is 3. The number of hydrazone groups is 1. The number of anilines is 1. The summed E-state index contributed by atoms with van der Waals surface area (Å²) >= 11 is 0. The average Bonchev–Trinajstić information content (AvgIpc) is 2.99. The quantitative estimate of drug-likeness (QED) is 0.885. The molecule has 128 valence electrons. The molecule has 7 heteroatoms. The summed E-state index contributed by atoms with van der Waals surface area (Å²) in [6.45, 7) is 4.92. The molecule has 1 saturated heterocycles. The van der Waals surface area contributed by atoms with Crippen molar-refractivity contribution in [2.45, 2.75) is 38.5 Å². The van der Waals surface area contributed by atoms with Gasteiger partial charge in [0.05, 0.1) is 17.9 Å². The third-order valence-corrected chi connectivity index (χ3v) is 4.21. The minimum Gasteiger partial charge on any atom is -0.372 e. The second-order valence-electron chi connectivity index (χ2n) is 6.32. The number of amides is 2. The van der Waals surface area contributed by atoms with Crippen LogP contribution in [0.4, 0.5) is 5.69 Å². The predicted molar refractivity (Wildman–Crippen MR) is 90.5 cm³/mol. The number of benzene rings is 1. The fourth-order valence-corrected chi connectivity index (χ4v) is 3.21. The van der Waals surface area contributed by atoms with Crippen LogP contribution in [0.3, 0.4) is 0 Å². The minimum atomic E-state index is -0.637. The summed E-state index contributed by atoms with van der Waals surface area (Å²) in [6, 6.07) is 8.63. The van der Waals surface area contributed by atoms with Gasteiger partial charge in [0.15, 0.2) is 0 Å². The summed E-state index contributed by atoms with van der Waals surface area (Å²) in [4.78, 5) is 26.3. The Labute approximate surface area is 141 Å². The maximum atomic E-state index is 12.8. The summed E-state index contributed by atoms with van der Waals surface area (Å²) < 4.78 is 5.66. The fourth-order valence-electron chi connectivity index (χ4n) is 3.21. The molecular formula is C17H22N4O3. The largest absolute Gasteiger partial charge is 0.372 e. The molecule has 0 spiro atoms. The molecule has 0 radical (unpaired) electrons. The van der Waals surface area contributed by atoms with Gasteiger partial charge in [-0.1, -0.05) is 18.2 Å². The highest BCUT2D eigenvalue weighted by molar-refractivity contribution is 6.40. The van der Waals surface area contributed by atoms with Crippen LogP contribution in [-0.2, 0) is 14.3 Å². The first-order chi connectivity index (χ1) is 11.5. The molecule has 0 aromatic heterocycles. The van der Waals surface area contributed by atoms with Crippen molar-refractivity contribution in [3.63, 3.8) is 0 Å². The van der Waals surface area contributed by atoms with Gasteiger partial charge in [0.2, 0.25) is 5.91 Å². The van der Waals surface area contributed by atoms with Gasteiger partial charge in [-0.3, -0.25) is 14.6 Å². The Morgan fingerprint density at radius 1 is 1.17 bits per heavy atom. The lowest BCUT2D eigenvalue weighted by Gasteiger charge is -2.35. The Hall–Kier alpha value is -2.41. The molecule has 0 bridgehead atoms. The van der Waals surface area contributed by atoms with Crippen LogP contribution in [0.1, 0.15) is 20.3 Å². The molecule has 3 atom stereocenters. The van der Waals surface area contributed by atoms with Crippen molar-refractivity contribution in [1.82, 2.24) is 4.90 Å². The summed E-state index contributed by atoms with van der Waals surface area (Å²) in [6.07, 6.45) is 0.192. The zero-order valence-corrected chi connectivity index (χ0v) is 13.9. The summed E-state index contributed by atoms with van der Waals surface area (Å²) in [5.74, 6) is -0.643. The smallest absolute Gasteiger partial charge is 0.270 e. The maximum absolute atomic E-state index is 12.8. The SMILES string of the molecule is C[C@@H]1CN(C(=O)C2=NN(c3ccccc3)[C@@H](C(N)=O)C2)C[C@@H](C)O1. The van der Waals surface area contributed by atoms with Crippen molar-refractivity contribution in [1.29, 1.82) is 0 Å². The lowest BCUT2D eigenvalue weighted by atomic mass is 10.1. The van der Waals surface area contributed by atoms with E-state index in [1.165, 1.54) is 0 Å². The molecule has 24 heavy (non-hydrogen) atoms. The Balaban J connectivity index is 1.83. The van der Waals surface area contributed by atoms with E-state index in [0.29, 0.717) is 18.8 Å². The fraction of sp³-hybridized carbons (Fsp3) is 0.471. The van der Waals surface area contributed by atoms with Gasteiger partial charge in [-0.05, 0) is 26.0 Å². The van der Waals surface area contributed by atoms with E-state index in [1.807, 2.05) is 44.2 Å². The van der Waals surface area contributed by atoms with E-state index in [-0.39, 0.29) is 24.5 Å². The maximum Gasteiger partial charge on any atom is 0.270 e. The zero-order chi connectivity index (χ0) is 17.3. The number of carbonyl (C=O) groups is 2. The second-order valence-corrected chi connectivity index (χ2v) is 6.32. The topological polar surface area (TPSA) is 88.2 Å². The highest BCUT2D eigenvalue weighted by Gasteiger charge is 2.37. The zero-order valence-electron chi connectivity index (χ0n) is 13.9. The Morgan fingerprint density at radius 2 is 1.79 bits per heavy atom. The Bertz CT molecular complexity index is 651. The lowest BCUT2D eigenvalue weighted by Crippen LogP contribution is -2.50. The molecule has 0 aliphatic carbocycles. The van der Waals surface area contributed by atoms with E-state index >= 15 is 0 Å². The monoisotopic (exact) mass is 330 g/mol. The lowest BCUT2D eigenvalue weighted by molar-refractivity contribution is -0.136. The number of hydrogen-bond donors (Lipinski definition) is 1. The van der Waals surface area contributed by atoms with E-state index in [4.69, 9.17) is 10.5 Å². The number of para-hydroxylation sites is 1. The number of carbonyl (C=O) groups excluding carboxylic acids is 2. The molecule has 0 saturated carbocycles. The highest BCUT2D eigenvalue weighted by Crippen LogP contribution is 2.25. The van der Waals surface area contributed by atoms with Crippen molar-refractivity contribution >= 4 is 23.2 Å². The second kappa shape index (κ2) is 6.60. The van der Waals surface area contributed by atoms with Gasteiger partial charge in [0, 0.05) is 19.5 Å². The standard InChI is InChI=1S/C17H22N4O3/c1-11-9-20(10-12(2)24-11)17(23)14-8-15(16(18)22)21(19-14)13-6-4-3-5-7-13/h3-7,11-12,15H,8-10H2,1-2H3,(H2,18,22)/t11-,12-,15-/m1/s1.